The second-order valence-corrected chi connectivity index (χ2v) is 7.01. The highest BCUT2D eigenvalue weighted by Gasteiger charge is 2.28. The zero-order valence-corrected chi connectivity index (χ0v) is 14.1. The fourth-order valence-corrected chi connectivity index (χ4v) is 4.13. The first-order valence-corrected chi connectivity index (χ1v) is 9.26. The standard InChI is InChI=1S/C19H19N3OS/c23-19-14-7-4-8-16-18(14)15(11-20-16)17(21-22-19)12-24-10-9-13-5-2-1-3-6-13/h1-8,20-21H,9-12H2,(H,22,23). The molecule has 122 valence electrons. The van der Waals surface area contributed by atoms with E-state index in [1.807, 2.05) is 36.0 Å². The second kappa shape index (κ2) is 6.61. The van der Waals surface area contributed by atoms with Crippen molar-refractivity contribution in [3.8, 4) is 0 Å². The molecule has 0 fully saturated rings. The van der Waals surface area contributed by atoms with Crippen molar-refractivity contribution in [2.45, 2.75) is 6.42 Å². The highest BCUT2D eigenvalue weighted by Crippen LogP contribution is 2.36. The van der Waals surface area contributed by atoms with E-state index in [-0.39, 0.29) is 5.91 Å². The molecule has 2 aliphatic rings. The quantitative estimate of drug-likeness (QED) is 0.734. The average molecular weight is 337 g/mol. The van der Waals surface area contributed by atoms with E-state index in [0.717, 1.165) is 47.0 Å². The van der Waals surface area contributed by atoms with Gasteiger partial charge in [-0.05, 0) is 29.9 Å². The summed E-state index contributed by atoms with van der Waals surface area (Å²) in [5, 5.41) is 3.39. The first kappa shape index (κ1) is 15.1. The molecule has 3 N–H and O–H groups in total. The second-order valence-electron chi connectivity index (χ2n) is 5.91. The molecule has 0 saturated heterocycles. The van der Waals surface area contributed by atoms with Crippen LogP contribution in [0.2, 0.25) is 0 Å². The maximum absolute atomic E-state index is 12.3. The van der Waals surface area contributed by atoms with Crippen LogP contribution in [0.4, 0.5) is 5.69 Å². The van der Waals surface area contributed by atoms with Crippen molar-refractivity contribution in [1.82, 2.24) is 10.9 Å². The minimum absolute atomic E-state index is 0.0719. The molecule has 4 nitrogen and oxygen atoms in total. The molecular weight excluding hydrogens is 318 g/mol. The number of hydrogen-bond donors (Lipinski definition) is 3. The molecule has 2 aromatic rings. The van der Waals surface area contributed by atoms with E-state index in [1.54, 1.807) is 0 Å². The summed E-state index contributed by atoms with van der Waals surface area (Å²) in [4.78, 5) is 12.3. The lowest BCUT2D eigenvalue weighted by atomic mass is 10.00. The Morgan fingerprint density at radius 1 is 1.00 bits per heavy atom. The third-order valence-electron chi connectivity index (χ3n) is 4.38. The van der Waals surface area contributed by atoms with Crippen LogP contribution in [-0.4, -0.2) is 24.0 Å². The molecule has 0 radical (unpaired) electrons. The van der Waals surface area contributed by atoms with E-state index in [9.17, 15) is 4.79 Å². The van der Waals surface area contributed by atoms with Crippen LogP contribution < -0.4 is 16.2 Å². The molecule has 0 saturated carbocycles. The number of carbonyl (C=O) groups is 1. The summed E-state index contributed by atoms with van der Waals surface area (Å²) in [6.07, 6.45) is 1.06. The molecule has 0 bridgehead atoms. The number of hydrogen-bond acceptors (Lipinski definition) is 4. The smallest absolute Gasteiger partial charge is 0.270 e. The van der Waals surface area contributed by atoms with E-state index in [4.69, 9.17) is 0 Å². The van der Waals surface area contributed by atoms with Crippen LogP contribution in [0.1, 0.15) is 21.5 Å². The van der Waals surface area contributed by atoms with E-state index < -0.39 is 0 Å². The average Bonchev–Trinajstić information content (AvgIpc) is 3.00. The largest absolute Gasteiger partial charge is 0.380 e. The van der Waals surface area contributed by atoms with Crippen molar-refractivity contribution >= 4 is 28.9 Å². The Bertz CT molecular complexity index is 802. The molecule has 0 atom stereocenters. The fourth-order valence-electron chi connectivity index (χ4n) is 3.15. The lowest BCUT2D eigenvalue weighted by molar-refractivity contribution is 0.0940. The molecule has 0 spiro atoms. The van der Waals surface area contributed by atoms with E-state index in [0.29, 0.717) is 0 Å². The van der Waals surface area contributed by atoms with E-state index in [1.165, 1.54) is 11.1 Å². The van der Waals surface area contributed by atoms with Crippen LogP contribution in [0.15, 0.2) is 54.2 Å². The minimum Gasteiger partial charge on any atom is -0.380 e. The van der Waals surface area contributed by atoms with Crippen LogP contribution in [-0.2, 0) is 6.42 Å². The molecule has 0 aliphatic carbocycles. The number of rotatable bonds is 5. The summed E-state index contributed by atoms with van der Waals surface area (Å²) < 4.78 is 0. The van der Waals surface area contributed by atoms with Gasteiger partial charge in [0.15, 0.2) is 0 Å². The normalized spacial score (nSPS) is 15.2. The summed E-state index contributed by atoms with van der Waals surface area (Å²) in [6.45, 7) is 0.767. The molecule has 0 unspecified atom stereocenters. The van der Waals surface area contributed by atoms with E-state index in [2.05, 4.69) is 40.4 Å². The monoisotopic (exact) mass is 337 g/mol. The van der Waals surface area contributed by atoms with Gasteiger partial charge in [0.25, 0.3) is 5.91 Å². The van der Waals surface area contributed by atoms with Gasteiger partial charge in [0, 0.05) is 34.8 Å². The Hall–Kier alpha value is -2.40. The van der Waals surface area contributed by atoms with Crippen molar-refractivity contribution in [1.29, 1.82) is 0 Å². The lowest BCUT2D eigenvalue weighted by Gasteiger charge is -2.12. The van der Waals surface area contributed by atoms with Gasteiger partial charge in [-0.3, -0.25) is 10.2 Å². The van der Waals surface area contributed by atoms with Crippen molar-refractivity contribution in [2.75, 3.05) is 23.4 Å². The number of carbonyl (C=O) groups excluding carboxylic acids is 1. The fraction of sp³-hybridized carbons (Fsp3) is 0.211. The Morgan fingerprint density at radius 2 is 1.88 bits per heavy atom. The van der Waals surface area contributed by atoms with Gasteiger partial charge in [-0.15, -0.1) is 0 Å². The molecule has 2 aromatic carbocycles. The third-order valence-corrected chi connectivity index (χ3v) is 5.37. The molecule has 4 rings (SSSR count). The molecule has 1 amide bonds. The van der Waals surface area contributed by atoms with Gasteiger partial charge in [-0.2, -0.15) is 11.8 Å². The summed E-state index contributed by atoms with van der Waals surface area (Å²) >= 11 is 1.88. The Kier molecular flexibility index (Phi) is 4.17. The van der Waals surface area contributed by atoms with Gasteiger partial charge in [0.1, 0.15) is 0 Å². The van der Waals surface area contributed by atoms with Crippen LogP contribution in [0.5, 0.6) is 0 Å². The zero-order chi connectivity index (χ0) is 16.4. The molecule has 5 heteroatoms. The molecule has 24 heavy (non-hydrogen) atoms. The molecular formula is C19H19N3OS. The van der Waals surface area contributed by atoms with Gasteiger partial charge in [0.05, 0.1) is 5.56 Å². The maximum Gasteiger partial charge on any atom is 0.270 e. The highest BCUT2D eigenvalue weighted by atomic mass is 32.2. The number of benzene rings is 2. The van der Waals surface area contributed by atoms with Gasteiger partial charge < -0.3 is 10.7 Å². The molecule has 2 aliphatic heterocycles. The van der Waals surface area contributed by atoms with Crippen LogP contribution in [0, 0.1) is 0 Å². The van der Waals surface area contributed by atoms with Crippen molar-refractivity contribution in [2.24, 2.45) is 0 Å². The van der Waals surface area contributed by atoms with Crippen molar-refractivity contribution < 1.29 is 4.79 Å². The third kappa shape index (κ3) is 2.87. The summed E-state index contributed by atoms with van der Waals surface area (Å²) in [5.41, 5.74) is 12.4. The number of amides is 1. The number of aryl methyl sites for hydroxylation is 1. The Morgan fingerprint density at radius 3 is 2.75 bits per heavy atom. The predicted molar refractivity (Wildman–Crippen MR) is 99.9 cm³/mol. The number of anilines is 1. The predicted octanol–water partition coefficient (Wildman–Crippen LogP) is 3.05. The highest BCUT2D eigenvalue weighted by molar-refractivity contribution is 7.99. The minimum atomic E-state index is -0.0719. The summed E-state index contributed by atoms with van der Waals surface area (Å²) in [6, 6.07) is 16.4. The van der Waals surface area contributed by atoms with Crippen LogP contribution in [0.25, 0.3) is 5.57 Å². The van der Waals surface area contributed by atoms with Crippen molar-refractivity contribution in [3.05, 3.63) is 70.9 Å². The zero-order valence-electron chi connectivity index (χ0n) is 13.3. The van der Waals surface area contributed by atoms with Crippen LogP contribution in [0.3, 0.4) is 0 Å². The van der Waals surface area contributed by atoms with E-state index >= 15 is 0 Å². The molecule has 2 heterocycles. The summed E-state index contributed by atoms with van der Waals surface area (Å²) in [7, 11) is 0. The maximum atomic E-state index is 12.3. The van der Waals surface area contributed by atoms with Crippen molar-refractivity contribution in [3.63, 3.8) is 0 Å². The topological polar surface area (TPSA) is 53.2 Å². The van der Waals surface area contributed by atoms with Gasteiger partial charge in [0.2, 0.25) is 0 Å². The number of thioether (sulfide) groups is 1. The van der Waals surface area contributed by atoms with Gasteiger partial charge in [-0.25, -0.2) is 0 Å². The first-order valence-electron chi connectivity index (χ1n) is 8.10. The Labute approximate surface area is 145 Å². The van der Waals surface area contributed by atoms with Gasteiger partial charge in [-0.1, -0.05) is 36.4 Å². The Balaban J connectivity index is 1.48. The lowest BCUT2D eigenvalue weighted by Crippen LogP contribution is -2.36. The number of hydrazine groups is 1. The summed E-state index contributed by atoms with van der Waals surface area (Å²) in [5.74, 6) is 1.84. The molecule has 0 aromatic heterocycles. The first-order chi connectivity index (χ1) is 11.8. The van der Waals surface area contributed by atoms with Gasteiger partial charge >= 0.3 is 0 Å². The number of nitrogens with one attached hydrogen (secondary N) is 3. The van der Waals surface area contributed by atoms with Crippen LogP contribution >= 0.6 is 11.8 Å². The SMILES string of the molecule is O=C1NNC(CSCCc2ccccc2)=C2CNc3cccc1c32.